The molecule has 3 aromatic rings. The monoisotopic (exact) mass is 585 g/mol. The summed E-state index contributed by atoms with van der Waals surface area (Å²) < 4.78 is 65.2. The topological polar surface area (TPSA) is 89.3 Å². The van der Waals surface area contributed by atoms with Crippen LogP contribution >= 0.6 is 23.4 Å². The summed E-state index contributed by atoms with van der Waals surface area (Å²) in [5.74, 6) is -0.977. The molecular weight excluding hydrogens is 563 g/mol. The van der Waals surface area contributed by atoms with Crippen molar-refractivity contribution in [2.24, 2.45) is 5.92 Å². The summed E-state index contributed by atoms with van der Waals surface area (Å²) in [7, 11) is -3.26. The van der Waals surface area contributed by atoms with Gasteiger partial charge >= 0.3 is 6.18 Å². The van der Waals surface area contributed by atoms with E-state index in [-0.39, 0.29) is 40.3 Å². The molecule has 1 fully saturated rings. The number of thioether (sulfide) groups is 1. The molecule has 38 heavy (non-hydrogen) atoms. The molecule has 2 aromatic carbocycles. The van der Waals surface area contributed by atoms with Gasteiger partial charge in [0, 0.05) is 23.2 Å². The average molecular weight is 586 g/mol. The number of aromatic nitrogens is 2. The van der Waals surface area contributed by atoms with Gasteiger partial charge in [0.05, 0.1) is 34.5 Å². The van der Waals surface area contributed by atoms with Gasteiger partial charge in [0.25, 0.3) is 11.1 Å². The normalized spacial score (nSPS) is 16.7. The molecule has 2 amide bonds. The van der Waals surface area contributed by atoms with Gasteiger partial charge in [-0.15, -0.1) is 0 Å². The standard InChI is InChI=1S/C25H23ClF3N3O4S2/c1-3-15(14-38(2,35)36)12-31-23(33)22(37-24(31)34)9-16-4-7-21-18(8-16)11-30-32(21)13-17-5-6-19(26)10-20(17)25(27,28)29/h4-11,15H,3,12-14H2,1-2H3/b22-9-/t15-/m0/s1. The fourth-order valence-corrected chi connectivity index (χ4v) is 6.45. The second kappa shape index (κ2) is 10.7. The van der Waals surface area contributed by atoms with Crippen LogP contribution < -0.4 is 0 Å². The van der Waals surface area contributed by atoms with Crippen molar-refractivity contribution in [1.82, 2.24) is 14.7 Å². The van der Waals surface area contributed by atoms with Crippen LogP contribution in [0, 0.1) is 5.92 Å². The first-order valence-electron chi connectivity index (χ1n) is 11.5. The Hall–Kier alpha value is -2.83. The summed E-state index contributed by atoms with van der Waals surface area (Å²) in [6.45, 7) is 1.69. The largest absolute Gasteiger partial charge is 0.416 e. The highest BCUT2D eigenvalue weighted by atomic mass is 35.5. The Balaban J connectivity index is 1.55. The summed E-state index contributed by atoms with van der Waals surface area (Å²) in [6, 6.07) is 8.69. The van der Waals surface area contributed by atoms with Crippen molar-refractivity contribution in [3.63, 3.8) is 0 Å². The maximum Gasteiger partial charge on any atom is 0.416 e. The minimum Gasteiger partial charge on any atom is -0.268 e. The fraction of sp³-hybridized carbons (Fsp3) is 0.320. The van der Waals surface area contributed by atoms with Crippen molar-refractivity contribution in [1.29, 1.82) is 0 Å². The second-order valence-corrected chi connectivity index (χ2v) is 12.7. The van der Waals surface area contributed by atoms with Gasteiger partial charge in [-0.05, 0) is 59.1 Å². The van der Waals surface area contributed by atoms with Gasteiger partial charge in [0.15, 0.2) is 0 Å². The van der Waals surface area contributed by atoms with Crippen LogP contribution in [0.2, 0.25) is 5.02 Å². The van der Waals surface area contributed by atoms with Crippen LogP contribution in [-0.4, -0.2) is 52.8 Å². The highest BCUT2D eigenvalue weighted by Crippen LogP contribution is 2.35. The van der Waals surface area contributed by atoms with Crippen molar-refractivity contribution in [3.05, 3.63) is 69.2 Å². The minimum absolute atomic E-state index is 0.0129. The van der Waals surface area contributed by atoms with Crippen LogP contribution in [0.25, 0.3) is 17.0 Å². The Bertz CT molecular complexity index is 1550. The fourth-order valence-electron chi connectivity index (χ4n) is 4.23. The maximum atomic E-state index is 13.5. The van der Waals surface area contributed by atoms with Crippen LogP contribution in [0.5, 0.6) is 0 Å². The van der Waals surface area contributed by atoms with Crippen molar-refractivity contribution in [2.45, 2.75) is 26.1 Å². The smallest absolute Gasteiger partial charge is 0.268 e. The molecule has 7 nitrogen and oxygen atoms in total. The number of carbonyl (C=O) groups is 2. The summed E-state index contributed by atoms with van der Waals surface area (Å²) >= 11 is 6.55. The van der Waals surface area contributed by atoms with Crippen molar-refractivity contribution < 1.29 is 31.2 Å². The van der Waals surface area contributed by atoms with Gasteiger partial charge in [-0.25, -0.2) is 8.42 Å². The van der Waals surface area contributed by atoms with E-state index in [0.717, 1.165) is 29.0 Å². The maximum absolute atomic E-state index is 13.5. The van der Waals surface area contributed by atoms with Gasteiger partial charge in [0.1, 0.15) is 9.84 Å². The van der Waals surface area contributed by atoms with Gasteiger partial charge in [0.2, 0.25) is 0 Å². The van der Waals surface area contributed by atoms with E-state index in [0.29, 0.717) is 22.9 Å². The van der Waals surface area contributed by atoms with E-state index in [1.165, 1.54) is 23.0 Å². The Labute approximate surface area is 226 Å². The molecule has 1 aliphatic rings. The third-order valence-electron chi connectivity index (χ3n) is 6.09. The number of benzene rings is 2. The summed E-state index contributed by atoms with van der Waals surface area (Å²) in [4.78, 5) is 26.6. The molecule has 0 bridgehead atoms. The van der Waals surface area contributed by atoms with Crippen LogP contribution in [0.3, 0.4) is 0 Å². The van der Waals surface area contributed by atoms with E-state index in [1.54, 1.807) is 31.2 Å². The molecule has 0 saturated carbocycles. The van der Waals surface area contributed by atoms with Gasteiger partial charge in [-0.2, -0.15) is 18.3 Å². The first kappa shape index (κ1) is 28.2. The van der Waals surface area contributed by atoms with Crippen LogP contribution in [0.15, 0.2) is 47.5 Å². The molecule has 0 unspecified atom stereocenters. The minimum atomic E-state index is -4.57. The number of sulfone groups is 1. The van der Waals surface area contributed by atoms with Gasteiger partial charge in [-0.1, -0.05) is 37.1 Å². The molecule has 0 spiro atoms. The number of rotatable bonds is 8. The van der Waals surface area contributed by atoms with Crippen molar-refractivity contribution in [2.75, 3.05) is 18.6 Å². The molecule has 0 radical (unpaired) electrons. The van der Waals surface area contributed by atoms with Gasteiger partial charge < -0.3 is 0 Å². The Morgan fingerprint density at radius 1 is 1.16 bits per heavy atom. The van der Waals surface area contributed by atoms with E-state index in [4.69, 9.17) is 11.6 Å². The molecule has 1 aromatic heterocycles. The number of carbonyl (C=O) groups excluding carboxylic acids is 2. The Morgan fingerprint density at radius 2 is 1.89 bits per heavy atom. The summed E-state index contributed by atoms with van der Waals surface area (Å²) in [5, 5.41) is 4.39. The van der Waals surface area contributed by atoms with E-state index in [2.05, 4.69) is 5.10 Å². The van der Waals surface area contributed by atoms with E-state index >= 15 is 0 Å². The molecular formula is C25H23ClF3N3O4S2. The predicted octanol–water partition coefficient (Wildman–Crippen LogP) is 5.86. The lowest BCUT2D eigenvalue weighted by Gasteiger charge is -2.19. The highest BCUT2D eigenvalue weighted by Gasteiger charge is 2.37. The van der Waals surface area contributed by atoms with Crippen molar-refractivity contribution in [3.8, 4) is 0 Å². The highest BCUT2D eigenvalue weighted by molar-refractivity contribution is 8.18. The molecule has 0 N–H and O–H groups in total. The second-order valence-electron chi connectivity index (χ2n) is 9.08. The quantitative estimate of drug-likeness (QED) is 0.308. The zero-order chi connectivity index (χ0) is 27.8. The Kier molecular flexibility index (Phi) is 7.96. The van der Waals surface area contributed by atoms with E-state index < -0.39 is 32.7 Å². The molecule has 1 saturated heterocycles. The van der Waals surface area contributed by atoms with Gasteiger partial charge in [-0.3, -0.25) is 19.2 Å². The lowest BCUT2D eigenvalue weighted by atomic mass is 10.1. The SMILES string of the molecule is CC[C@@H](CN1C(=O)S/C(=C\c2ccc3c(cnn3Cc3ccc(Cl)cc3C(F)(F)F)c2)C1=O)CS(C)(=O)=O. The van der Waals surface area contributed by atoms with Crippen molar-refractivity contribution >= 4 is 61.3 Å². The number of alkyl halides is 3. The molecule has 2 heterocycles. The van der Waals surface area contributed by atoms with E-state index in [1.807, 2.05) is 0 Å². The molecule has 4 rings (SSSR count). The predicted molar refractivity (Wildman–Crippen MR) is 141 cm³/mol. The number of imide groups is 1. The number of fused-ring (bicyclic) bond motifs is 1. The zero-order valence-electron chi connectivity index (χ0n) is 20.3. The number of amides is 2. The number of hydrogen-bond acceptors (Lipinski definition) is 6. The Morgan fingerprint density at radius 3 is 2.55 bits per heavy atom. The van der Waals surface area contributed by atoms with Crippen LogP contribution in [0.4, 0.5) is 18.0 Å². The molecule has 1 atom stereocenters. The first-order valence-corrected chi connectivity index (χ1v) is 14.7. The first-order chi connectivity index (χ1) is 17.7. The molecule has 0 aliphatic carbocycles. The van der Waals surface area contributed by atoms with Crippen LogP contribution in [-0.2, 0) is 27.4 Å². The number of halogens is 4. The molecule has 202 valence electrons. The number of hydrogen-bond donors (Lipinski definition) is 0. The lowest BCUT2D eigenvalue weighted by molar-refractivity contribution is -0.138. The lowest BCUT2D eigenvalue weighted by Crippen LogP contribution is -2.35. The summed E-state index contributed by atoms with van der Waals surface area (Å²) in [5.41, 5.74) is 0.381. The molecule has 13 heteroatoms. The van der Waals surface area contributed by atoms with E-state index in [9.17, 15) is 31.2 Å². The number of nitrogens with zero attached hydrogens (tertiary/aromatic N) is 3. The molecule has 1 aliphatic heterocycles. The summed E-state index contributed by atoms with van der Waals surface area (Å²) in [6.07, 6.45) is 0.112. The zero-order valence-corrected chi connectivity index (χ0v) is 22.7. The van der Waals surface area contributed by atoms with Crippen LogP contribution in [0.1, 0.15) is 30.0 Å². The third-order valence-corrected chi connectivity index (χ3v) is 8.31. The average Bonchev–Trinajstić information content (AvgIpc) is 3.33. The third kappa shape index (κ3) is 6.41.